The third kappa shape index (κ3) is 2.78. The van der Waals surface area contributed by atoms with Crippen LogP contribution in [0.15, 0.2) is 23.0 Å². The van der Waals surface area contributed by atoms with Crippen LogP contribution in [0.1, 0.15) is 21.7 Å². The molecule has 1 aromatic heterocycles. The van der Waals surface area contributed by atoms with E-state index in [0.717, 1.165) is 5.56 Å². The molecule has 94 valence electrons. The number of nitrogens with zero attached hydrogens (tertiary/aromatic N) is 1. The standard InChI is InChI=1S/C11H10ClN3O3/c1-6-2-3-7(8(12)4-6)10(16)18-5-9-13-11(17)15-14-9/h2-4H,5H2,1H3,(H2,13,14,15,17). The Bertz CT molecular complexity index is 632. The highest BCUT2D eigenvalue weighted by atomic mass is 35.5. The maximum Gasteiger partial charge on any atom is 0.340 e. The Morgan fingerprint density at radius 1 is 1.50 bits per heavy atom. The first kappa shape index (κ1) is 12.4. The summed E-state index contributed by atoms with van der Waals surface area (Å²) in [6, 6.07) is 5.03. The molecule has 18 heavy (non-hydrogen) atoms. The predicted octanol–water partition coefficient (Wildman–Crippen LogP) is 1.42. The minimum Gasteiger partial charge on any atom is -0.454 e. The number of benzene rings is 1. The molecule has 0 bridgehead atoms. The van der Waals surface area contributed by atoms with Gasteiger partial charge in [0, 0.05) is 0 Å². The summed E-state index contributed by atoms with van der Waals surface area (Å²) in [4.78, 5) is 24.9. The molecule has 0 spiro atoms. The minimum atomic E-state index is -0.566. The van der Waals surface area contributed by atoms with E-state index in [9.17, 15) is 9.59 Å². The Hall–Kier alpha value is -2.08. The molecule has 2 aromatic rings. The summed E-state index contributed by atoms with van der Waals surface area (Å²) in [6.07, 6.45) is 0. The van der Waals surface area contributed by atoms with Crippen LogP contribution in [0.3, 0.4) is 0 Å². The molecule has 0 aliphatic rings. The number of aryl methyl sites for hydroxylation is 1. The number of carbonyl (C=O) groups excluding carboxylic acids is 1. The largest absolute Gasteiger partial charge is 0.454 e. The van der Waals surface area contributed by atoms with Crippen LogP contribution in [-0.2, 0) is 11.3 Å². The van der Waals surface area contributed by atoms with Crippen molar-refractivity contribution in [1.29, 1.82) is 0 Å². The fourth-order valence-corrected chi connectivity index (χ4v) is 1.68. The fourth-order valence-electron chi connectivity index (χ4n) is 1.37. The van der Waals surface area contributed by atoms with Crippen LogP contribution in [0.2, 0.25) is 5.02 Å². The molecule has 0 aliphatic carbocycles. The molecule has 6 nitrogen and oxygen atoms in total. The molecular weight excluding hydrogens is 258 g/mol. The molecule has 0 radical (unpaired) electrons. The second-order valence-electron chi connectivity index (χ2n) is 3.68. The summed E-state index contributed by atoms with van der Waals surface area (Å²) in [5.41, 5.74) is 0.780. The van der Waals surface area contributed by atoms with Gasteiger partial charge in [0.05, 0.1) is 10.6 Å². The van der Waals surface area contributed by atoms with Gasteiger partial charge in [-0.05, 0) is 24.6 Å². The monoisotopic (exact) mass is 267 g/mol. The summed E-state index contributed by atoms with van der Waals surface area (Å²) in [5.74, 6) is -0.319. The van der Waals surface area contributed by atoms with E-state index >= 15 is 0 Å². The highest BCUT2D eigenvalue weighted by Crippen LogP contribution is 2.18. The van der Waals surface area contributed by atoms with Crippen LogP contribution in [0, 0.1) is 6.92 Å². The van der Waals surface area contributed by atoms with E-state index in [1.54, 1.807) is 18.2 Å². The maximum atomic E-state index is 11.7. The lowest BCUT2D eigenvalue weighted by atomic mass is 10.1. The lowest BCUT2D eigenvalue weighted by Gasteiger charge is -2.05. The summed E-state index contributed by atoms with van der Waals surface area (Å²) in [6.45, 7) is 1.75. The molecule has 2 N–H and O–H groups in total. The zero-order chi connectivity index (χ0) is 13.1. The van der Waals surface area contributed by atoms with E-state index in [1.165, 1.54) is 0 Å². The van der Waals surface area contributed by atoms with Crippen molar-refractivity contribution in [1.82, 2.24) is 15.2 Å². The van der Waals surface area contributed by atoms with Gasteiger partial charge in [-0.1, -0.05) is 17.7 Å². The van der Waals surface area contributed by atoms with Crippen molar-refractivity contribution in [3.8, 4) is 0 Å². The summed E-state index contributed by atoms with van der Waals surface area (Å²) >= 11 is 5.93. The first-order valence-corrected chi connectivity index (χ1v) is 5.51. The molecule has 0 saturated carbocycles. The van der Waals surface area contributed by atoms with Gasteiger partial charge in [0.2, 0.25) is 0 Å². The number of H-pyrrole nitrogens is 2. The van der Waals surface area contributed by atoms with Crippen LogP contribution < -0.4 is 5.69 Å². The van der Waals surface area contributed by atoms with Gasteiger partial charge < -0.3 is 4.74 Å². The van der Waals surface area contributed by atoms with E-state index in [0.29, 0.717) is 5.02 Å². The second-order valence-corrected chi connectivity index (χ2v) is 4.09. The smallest absolute Gasteiger partial charge is 0.340 e. The van der Waals surface area contributed by atoms with Crippen molar-refractivity contribution < 1.29 is 9.53 Å². The number of halogens is 1. The van der Waals surface area contributed by atoms with Gasteiger partial charge in [-0.15, -0.1) is 0 Å². The molecule has 1 aromatic carbocycles. The SMILES string of the molecule is Cc1ccc(C(=O)OCc2n[nH]c(=O)[nH]2)c(Cl)c1. The molecule has 0 aliphatic heterocycles. The number of esters is 1. The lowest BCUT2D eigenvalue weighted by Crippen LogP contribution is -2.08. The maximum absolute atomic E-state index is 11.7. The van der Waals surface area contributed by atoms with E-state index in [1.807, 2.05) is 6.92 Å². The number of hydrogen-bond acceptors (Lipinski definition) is 4. The van der Waals surface area contributed by atoms with Gasteiger partial charge in [-0.3, -0.25) is 4.98 Å². The Labute approximate surface area is 107 Å². The Morgan fingerprint density at radius 3 is 2.89 bits per heavy atom. The molecule has 0 fully saturated rings. The van der Waals surface area contributed by atoms with Gasteiger partial charge in [0.25, 0.3) is 0 Å². The first-order valence-electron chi connectivity index (χ1n) is 5.13. The minimum absolute atomic E-state index is 0.123. The van der Waals surface area contributed by atoms with Crippen molar-refractivity contribution in [3.63, 3.8) is 0 Å². The highest BCUT2D eigenvalue weighted by molar-refractivity contribution is 6.33. The van der Waals surface area contributed by atoms with E-state index in [-0.39, 0.29) is 18.0 Å². The summed E-state index contributed by atoms with van der Waals surface area (Å²) < 4.78 is 4.97. The average molecular weight is 268 g/mol. The normalized spacial score (nSPS) is 10.3. The van der Waals surface area contributed by atoms with Crippen molar-refractivity contribution in [3.05, 3.63) is 50.7 Å². The van der Waals surface area contributed by atoms with Gasteiger partial charge in [0.15, 0.2) is 12.4 Å². The molecule has 2 rings (SSSR count). The molecule has 0 amide bonds. The number of aromatic nitrogens is 3. The third-order valence-electron chi connectivity index (χ3n) is 2.23. The van der Waals surface area contributed by atoms with E-state index < -0.39 is 11.7 Å². The van der Waals surface area contributed by atoms with Gasteiger partial charge in [-0.25, -0.2) is 14.7 Å². The topological polar surface area (TPSA) is 87.8 Å². The number of nitrogens with one attached hydrogen (secondary N) is 2. The fraction of sp³-hybridized carbons (Fsp3) is 0.182. The molecule has 0 atom stereocenters. The number of carbonyl (C=O) groups is 1. The third-order valence-corrected chi connectivity index (χ3v) is 2.55. The molecule has 1 heterocycles. The average Bonchev–Trinajstić information content (AvgIpc) is 2.72. The molecular formula is C11H10ClN3O3. The predicted molar refractivity (Wildman–Crippen MR) is 64.5 cm³/mol. The van der Waals surface area contributed by atoms with Crippen molar-refractivity contribution in [2.45, 2.75) is 13.5 Å². The Balaban J connectivity index is 2.06. The highest BCUT2D eigenvalue weighted by Gasteiger charge is 2.12. The van der Waals surface area contributed by atoms with Gasteiger partial charge in [0.1, 0.15) is 0 Å². The summed E-state index contributed by atoms with van der Waals surface area (Å²) in [7, 11) is 0. The van der Waals surface area contributed by atoms with Crippen LogP contribution in [0.4, 0.5) is 0 Å². The zero-order valence-electron chi connectivity index (χ0n) is 9.49. The molecule has 7 heteroatoms. The number of rotatable bonds is 3. The van der Waals surface area contributed by atoms with Crippen LogP contribution in [0.25, 0.3) is 0 Å². The first-order chi connectivity index (χ1) is 8.56. The Kier molecular flexibility index (Phi) is 3.47. The zero-order valence-corrected chi connectivity index (χ0v) is 10.2. The second kappa shape index (κ2) is 5.05. The van der Waals surface area contributed by atoms with Crippen molar-refractivity contribution >= 4 is 17.6 Å². The van der Waals surface area contributed by atoms with Gasteiger partial charge in [-0.2, -0.15) is 5.10 Å². The number of hydrogen-bond donors (Lipinski definition) is 2. The molecule has 0 unspecified atom stereocenters. The quantitative estimate of drug-likeness (QED) is 0.823. The van der Waals surface area contributed by atoms with Crippen LogP contribution in [-0.4, -0.2) is 21.2 Å². The molecule has 0 saturated heterocycles. The van der Waals surface area contributed by atoms with Crippen molar-refractivity contribution in [2.75, 3.05) is 0 Å². The number of aromatic amines is 2. The number of ether oxygens (including phenoxy) is 1. The Morgan fingerprint density at radius 2 is 2.28 bits per heavy atom. The lowest BCUT2D eigenvalue weighted by molar-refractivity contribution is 0.0463. The van der Waals surface area contributed by atoms with E-state index in [4.69, 9.17) is 16.3 Å². The van der Waals surface area contributed by atoms with Crippen LogP contribution >= 0.6 is 11.6 Å². The van der Waals surface area contributed by atoms with Gasteiger partial charge >= 0.3 is 11.7 Å². The summed E-state index contributed by atoms with van der Waals surface area (Å²) in [5, 5.41) is 6.12. The van der Waals surface area contributed by atoms with Crippen LogP contribution in [0.5, 0.6) is 0 Å². The van der Waals surface area contributed by atoms with Crippen molar-refractivity contribution in [2.24, 2.45) is 0 Å². The van der Waals surface area contributed by atoms with E-state index in [2.05, 4.69) is 15.2 Å².